The van der Waals surface area contributed by atoms with E-state index in [4.69, 9.17) is 38.9 Å². The molecular formula is C24H28Cl2FN7O2. The number of aromatic nitrogens is 4. The van der Waals surface area contributed by atoms with Crippen LogP contribution in [0.15, 0.2) is 18.3 Å². The zero-order valence-electron chi connectivity index (χ0n) is 19.6. The molecule has 1 aromatic carbocycles. The summed E-state index contributed by atoms with van der Waals surface area (Å²) in [4.78, 5) is 25.6. The van der Waals surface area contributed by atoms with Gasteiger partial charge in [-0.05, 0) is 63.5 Å². The molecule has 0 saturated heterocycles. The topological polar surface area (TPSA) is 131 Å². The van der Waals surface area contributed by atoms with Crippen LogP contribution in [0.1, 0.15) is 57.4 Å². The van der Waals surface area contributed by atoms with Crippen LogP contribution in [-0.4, -0.2) is 42.7 Å². The molecule has 2 heterocycles. The quantitative estimate of drug-likeness (QED) is 0.351. The van der Waals surface area contributed by atoms with Gasteiger partial charge >= 0.3 is 0 Å². The van der Waals surface area contributed by atoms with Gasteiger partial charge in [0.05, 0.1) is 28.0 Å². The van der Waals surface area contributed by atoms with Crippen molar-refractivity contribution in [2.24, 2.45) is 11.7 Å². The Morgan fingerprint density at radius 2 is 1.83 bits per heavy atom. The first-order valence-electron chi connectivity index (χ1n) is 12.2. The molecule has 0 spiro atoms. The fourth-order valence-electron chi connectivity index (χ4n) is 5.26. The first-order chi connectivity index (χ1) is 17.3. The van der Waals surface area contributed by atoms with Crippen LogP contribution in [-0.2, 0) is 4.79 Å². The van der Waals surface area contributed by atoms with Crippen LogP contribution in [0.25, 0.3) is 11.2 Å². The zero-order valence-corrected chi connectivity index (χ0v) is 21.1. The maximum atomic E-state index is 13.8. The SMILES string of the molecule is NC(=O)[C@H]1CC[C@@H](n2c(Nc3c(Cl)cc(F)cc3Cl)nc3cnc(N[C@@H]4CCCC(O)C4)nc32)CC1. The number of imidazole rings is 1. The molecule has 1 unspecified atom stereocenters. The second-order valence-electron chi connectivity index (χ2n) is 9.65. The van der Waals surface area contributed by atoms with Crippen molar-refractivity contribution in [1.29, 1.82) is 0 Å². The number of amides is 1. The fourth-order valence-corrected chi connectivity index (χ4v) is 5.82. The normalized spacial score (nSPS) is 24.6. The van der Waals surface area contributed by atoms with E-state index >= 15 is 0 Å². The van der Waals surface area contributed by atoms with Gasteiger partial charge in [-0.2, -0.15) is 4.98 Å². The number of nitrogens with two attached hydrogens (primary N) is 1. The third kappa shape index (κ3) is 5.21. The molecule has 5 rings (SSSR count). The van der Waals surface area contributed by atoms with Crippen LogP contribution in [0, 0.1) is 11.7 Å². The molecule has 1 amide bonds. The van der Waals surface area contributed by atoms with Gasteiger partial charge in [-0.3, -0.25) is 9.36 Å². The number of hydrogen-bond acceptors (Lipinski definition) is 7. The van der Waals surface area contributed by atoms with E-state index in [0.29, 0.717) is 60.9 Å². The van der Waals surface area contributed by atoms with Gasteiger partial charge in [0.2, 0.25) is 17.8 Å². The van der Waals surface area contributed by atoms with Gasteiger partial charge in [0.1, 0.15) is 11.3 Å². The average Bonchev–Trinajstić information content (AvgIpc) is 3.18. The van der Waals surface area contributed by atoms with E-state index < -0.39 is 5.82 Å². The van der Waals surface area contributed by atoms with Gasteiger partial charge in [0, 0.05) is 18.0 Å². The molecule has 2 aliphatic carbocycles. The van der Waals surface area contributed by atoms with E-state index in [1.54, 1.807) is 6.20 Å². The highest BCUT2D eigenvalue weighted by atomic mass is 35.5. The van der Waals surface area contributed by atoms with E-state index in [9.17, 15) is 14.3 Å². The van der Waals surface area contributed by atoms with Crippen LogP contribution in [0.5, 0.6) is 0 Å². The summed E-state index contributed by atoms with van der Waals surface area (Å²) in [7, 11) is 0. The lowest BCUT2D eigenvalue weighted by atomic mass is 9.85. The Morgan fingerprint density at radius 3 is 2.50 bits per heavy atom. The van der Waals surface area contributed by atoms with Crippen molar-refractivity contribution in [2.45, 2.75) is 69.6 Å². The standard InChI is InChI=1S/C24H28Cl2FN7O2/c25-17-8-13(27)9-18(26)20(17)32-24-31-19-11-29-23(30-14-2-1-3-16(35)10-14)33-22(19)34(24)15-6-4-12(5-7-15)21(28)36/h8-9,11-12,14-16,35H,1-7,10H2,(H2,28,36)(H,31,32)(H,29,30,33)/t12-,14-,15+,16?/m1/s1. The number of carbonyl (C=O) groups is 1. The second-order valence-corrected chi connectivity index (χ2v) is 10.5. The second kappa shape index (κ2) is 10.4. The first kappa shape index (κ1) is 25.0. The number of aliphatic hydroxyl groups excluding tert-OH is 1. The average molecular weight is 536 g/mol. The molecule has 36 heavy (non-hydrogen) atoms. The molecule has 0 aliphatic heterocycles. The molecule has 9 nitrogen and oxygen atoms in total. The lowest BCUT2D eigenvalue weighted by molar-refractivity contribution is -0.122. The van der Waals surface area contributed by atoms with Crippen LogP contribution >= 0.6 is 23.2 Å². The Labute approximate surface area is 217 Å². The van der Waals surface area contributed by atoms with Crippen molar-refractivity contribution in [3.8, 4) is 0 Å². The number of rotatable bonds is 6. The monoisotopic (exact) mass is 535 g/mol. The summed E-state index contributed by atoms with van der Waals surface area (Å²) in [5.41, 5.74) is 7.06. The number of anilines is 3. The molecule has 0 radical (unpaired) electrons. The summed E-state index contributed by atoms with van der Waals surface area (Å²) >= 11 is 12.6. The number of aliphatic hydroxyl groups is 1. The van der Waals surface area contributed by atoms with Gasteiger partial charge in [-0.25, -0.2) is 14.4 Å². The Balaban J connectivity index is 1.51. The third-order valence-electron chi connectivity index (χ3n) is 7.12. The summed E-state index contributed by atoms with van der Waals surface area (Å²) in [6.45, 7) is 0. The van der Waals surface area contributed by atoms with Crippen molar-refractivity contribution in [3.05, 3.63) is 34.2 Å². The summed E-state index contributed by atoms with van der Waals surface area (Å²) in [6.07, 6.45) is 7.38. The van der Waals surface area contributed by atoms with E-state index in [0.717, 1.165) is 19.3 Å². The van der Waals surface area contributed by atoms with Crippen molar-refractivity contribution in [3.63, 3.8) is 0 Å². The van der Waals surface area contributed by atoms with E-state index in [-0.39, 0.29) is 40.1 Å². The van der Waals surface area contributed by atoms with Gasteiger partial charge in [0.15, 0.2) is 5.65 Å². The summed E-state index contributed by atoms with van der Waals surface area (Å²) in [5, 5.41) is 16.8. The van der Waals surface area contributed by atoms with Gasteiger partial charge in [-0.1, -0.05) is 23.2 Å². The van der Waals surface area contributed by atoms with Crippen molar-refractivity contribution in [1.82, 2.24) is 19.5 Å². The third-order valence-corrected chi connectivity index (χ3v) is 7.72. The highest BCUT2D eigenvalue weighted by molar-refractivity contribution is 6.39. The Kier molecular flexibility index (Phi) is 7.18. The molecule has 0 bridgehead atoms. The molecule has 3 aromatic rings. The fraction of sp³-hybridized carbons (Fsp3) is 0.500. The minimum atomic E-state index is -0.539. The highest BCUT2D eigenvalue weighted by Crippen LogP contribution is 2.39. The molecule has 2 fully saturated rings. The Bertz CT molecular complexity index is 1260. The molecule has 12 heteroatoms. The number of fused-ring (bicyclic) bond motifs is 1. The molecule has 5 N–H and O–H groups in total. The van der Waals surface area contributed by atoms with Crippen LogP contribution < -0.4 is 16.4 Å². The lowest BCUT2D eigenvalue weighted by Crippen LogP contribution is -2.30. The number of nitrogens with zero attached hydrogens (tertiary/aromatic N) is 4. The zero-order chi connectivity index (χ0) is 25.4. The van der Waals surface area contributed by atoms with Crippen LogP contribution in [0.3, 0.4) is 0 Å². The molecule has 192 valence electrons. The van der Waals surface area contributed by atoms with Crippen molar-refractivity contribution < 1.29 is 14.3 Å². The van der Waals surface area contributed by atoms with E-state index in [1.807, 2.05) is 4.57 Å². The smallest absolute Gasteiger partial charge is 0.224 e. The molecule has 2 aromatic heterocycles. The summed E-state index contributed by atoms with van der Waals surface area (Å²) < 4.78 is 15.7. The molecule has 2 aliphatic rings. The Hall–Kier alpha value is -2.69. The predicted octanol–water partition coefficient (Wildman–Crippen LogP) is 4.95. The Morgan fingerprint density at radius 1 is 1.11 bits per heavy atom. The lowest BCUT2D eigenvalue weighted by Gasteiger charge is -2.29. The van der Waals surface area contributed by atoms with Crippen molar-refractivity contribution in [2.75, 3.05) is 10.6 Å². The highest BCUT2D eigenvalue weighted by Gasteiger charge is 2.30. The van der Waals surface area contributed by atoms with Gasteiger partial charge < -0.3 is 21.5 Å². The molecular weight excluding hydrogens is 508 g/mol. The number of primary amides is 1. The number of nitrogens with one attached hydrogen (secondary N) is 2. The summed E-state index contributed by atoms with van der Waals surface area (Å²) in [6, 6.07) is 2.44. The maximum absolute atomic E-state index is 13.8. The number of benzene rings is 1. The first-order valence-corrected chi connectivity index (χ1v) is 12.9. The van der Waals surface area contributed by atoms with Crippen molar-refractivity contribution >= 4 is 57.9 Å². The van der Waals surface area contributed by atoms with Gasteiger partial charge in [-0.15, -0.1) is 0 Å². The van der Waals surface area contributed by atoms with E-state index in [1.165, 1.54) is 12.1 Å². The summed E-state index contributed by atoms with van der Waals surface area (Å²) in [5.74, 6) is -0.0719. The number of carbonyl (C=O) groups excluding carboxylic acids is 1. The van der Waals surface area contributed by atoms with Crippen LogP contribution in [0.2, 0.25) is 10.0 Å². The predicted molar refractivity (Wildman–Crippen MR) is 137 cm³/mol. The molecule has 2 atom stereocenters. The number of hydrogen-bond donors (Lipinski definition) is 4. The van der Waals surface area contributed by atoms with E-state index in [2.05, 4.69) is 15.6 Å². The largest absolute Gasteiger partial charge is 0.393 e. The minimum Gasteiger partial charge on any atom is -0.393 e. The van der Waals surface area contributed by atoms with Crippen LogP contribution in [0.4, 0.5) is 22.0 Å². The molecule has 2 saturated carbocycles. The maximum Gasteiger partial charge on any atom is 0.224 e. The van der Waals surface area contributed by atoms with Gasteiger partial charge in [0.25, 0.3) is 0 Å². The minimum absolute atomic E-state index is 0.00893. The number of halogens is 3.